The molecule has 0 spiro atoms. The van der Waals surface area contributed by atoms with E-state index in [1.807, 2.05) is 6.92 Å². The Kier molecular flexibility index (Phi) is 6.22. The van der Waals surface area contributed by atoms with E-state index >= 15 is 0 Å². The number of ether oxygens (including phenoxy) is 2. The average Bonchev–Trinajstić information content (AvgIpc) is 2.72. The molecule has 0 aromatic carbocycles. The first kappa shape index (κ1) is 9.46. The van der Waals surface area contributed by atoms with E-state index in [9.17, 15) is 5.11 Å². The molecule has 1 saturated heterocycles. The van der Waals surface area contributed by atoms with Crippen molar-refractivity contribution in [1.82, 2.24) is 0 Å². The molecule has 0 N–H and O–H groups in total. The van der Waals surface area contributed by atoms with Crippen LogP contribution < -0.4 is 0 Å². The maximum Gasteiger partial charge on any atom is 0.111 e. The highest BCUT2D eigenvalue weighted by molar-refractivity contribution is 4.64. The normalized spacial score (nSPS) is 20.4. The van der Waals surface area contributed by atoms with Gasteiger partial charge in [0.25, 0.3) is 0 Å². The summed E-state index contributed by atoms with van der Waals surface area (Å²) in [4.78, 5) is 0. The minimum atomic E-state index is -0.0556. The summed E-state index contributed by atoms with van der Waals surface area (Å²) < 4.78 is 9.14. The van der Waals surface area contributed by atoms with E-state index in [1.165, 1.54) is 6.26 Å². The zero-order valence-electron chi connectivity index (χ0n) is 6.21. The van der Waals surface area contributed by atoms with Crippen LogP contribution in [0.4, 0.5) is 0 Å². The molecule has 1 fully saturated rings. The Morgan fingerprint density at radius 1 is 1.90 bits per heavy atom. The number of hydrogen-bond donors (Lipinski definition) is 0. The van der Waals surface area contributed by atoms with Crippen molar-refractivity contribution < 1.29 is 14.6 Å². The van der Waals surface area contributed by atoms with Gasteiger partial charge in [-0.15, -0.1) is 0 Å². The van der Waals surface area contributed by atoms with E-state index in [0.717, 1.165) is 6.61 Å². The molecule has 3 heteroatoms. The Morgan fingerprint density at radius 2 is 2.50 bits per heavy atom. The van der Waals surface area contributed by atoms with Crippen LogP contribution in [0.5, 0.6) is 0 Å². The topological polar surface area (TPSA) is 41.7 Å². The lowest BCUT2D eigenvalue weighted by Gasteiger charge is -1.84. The van der Waals surface area contributed by atoms with Crippen LogP contribution in [0.1, 0.15) is 6.92 Å². The van der Waals surface area contributed by atoms with Crippen molar-refractivity contribution in [2.45, 2.75) is 13.0 Å². The van der Waals surface area contributed by atoms with Gasteiger partial charge in [0.2, 0.25) is 0 Å². The summed E-state index contributed by atoms with van der Waals surface area (Å²) in [6.45, 7) is 6.61. The first-order valence-electron chi connectivity index (χ1n) is 3.27. The molecule has 1 unspecified atom stereocenters. The SMILES string of the molecule is C=COCC.[O]CC1CO1. The minimum Gasteiger partial charge on any atom is -0.502 e. The summed E-state index contributed by atoms with van der Waals surface area (Å²) in [5.74, 6) is 0. The molecule has 1 rings (SSSR count). The van der Waals surface area contributed by atoms with Gasteiger partial charge < -0.3 is 9.47 Å². The second-order valence-electron chi connectivity index (χ2n) is 1.74. The first-order chi connectivity index (χ1) is 4.85. The van der Waals surface area contributed by atoms with Crippen molar-refractivity contribution in [2.24, 2.45) is 0 Å². The van der Waals surface area contributed by atoms with Crippen molar-refractivity contribution in [3.05, 3.63) is 12.8 Å². The molecule has 0 aliphatic carbocycles. The molecular formula is C7H13O3. The van der Waals surface area contributed by atoms with Crippen LogP contribution in [-0.2, 0) is 14.6 Å². The van der Waals surface area contributed by atoms with Gasteiger partial charge in [-0.3, -0.25) is 0 Å². The molecule has 1 atom stereocenters. The third-order valence-corrected chi connectivity index (χ3v) is 0.873. The van der Waals surface area contributed by atoms with E-state index in [1.54, 1.807) is 0 Å². The largest absolute Gasteiger partial charge is 0.502 e. The highest BCUT2D eigenvalue weighted by atomic mass is 16.6. The van der Waals surface area contributed by atoms with Gasteiger partial charge in [-0.1, -0.05) is 6.58 Å². The fourth-order valence-corrected chi connectivity index (χ4v) is 0.282. The first-order valence-corrected chi connectivity index (χ1v) is 3.27. The second kappa shape index (κ2) is 6.58. The van der Waals surface area contributed by atoms with Crippen LogP contribution in [0.2, 0.25) is 0 Å². The van der Waals surface area contributed by atoms with Gasteiger partial charge in [-0.25, -0.2) is 5.11 Å². The van der Waals surface area contributed by atoms with E-state index in [0.29, 0.717) is 6.61 Å². The molecule has 0 aromatic heterocycles. The van der Waals surface area contributed by atoms with Crippen LogP contribution in [0.3, 0.4) is 0 Å². The summed E-state index contributed by atoms with van der Waals surface area (Å²) in [5, 5.41) is 9.57. The van der Waals surface area contributed by atoms with Gasteiger partial charge in [0.1, 0.15) is 12.7 Å². The molecule has 59 valence electrons. The minimum absolute atomic E-state index is 0.0556. The van der Waals surface area contributed by atoms with Crippen LogP contribution in [0.25, 0.3) is 0 Å². The van der Waals surface area contributed by atoms with E-state index < -0.39 is 0 Å². The Morgan fingerprint density at radius 3 is 2.50 bits per heavy atom. The fourth-order valence-electron chi connectivity index (χ4n) is 0.282. The van der Waals surface area contributed by atoms with Crippen LogP contribution >= 0.6 is 0 Å². The van der Waals surface area contributed by atoms with Crippen molar-refractivity contribution in [2.75, 3.05) is 19.8 Å². The van der Waals surface area contributed by atoms with Gasteiger partial charge >= 0.3 is 0 Å². The fraction of sp³-hybridized carbons (Fsp3) is 0.714. The molecule has 1 aliphatic heterocycles. The van der Waals surface area contributed by atoms with Crippen molar-refractivity contribution in [1.29, 1.82) is 0 Å². The maximum atomic E-state index is 9.57. The van der Waals surface area contributed by atoms with E-state index in [4.69, 9.17) is 0 Å². The molecule has 0 aromatic rings. The maximum absolute atomic E-state index is 9.57. The number of hydrogen-bond acceptors (Lipinski definition) is 2. The second-order valence-corrected chi connectivity index (χ2v) is 1.74. The molecule has 0 amide bonds. The zero-order valence-corrected chi connectivity index (χ0v) is 6.21. The molecule has 1 radical (unpaired) electrons. The summed E-state index contributed by atoms with van der Waals surface area (Å²) in [5.41, 5.74) is 0. The molecule has 0 bridgehead atoms. The lowest BCUT2D eigenvalue weighted by atomic mass is 10.5. The summed E-state index contributed by atoms with van der Waals surface area (Å²) in [6.07, 6.45) is 1.51. The molecule has 1 heterocycles. The Hall–Kier alpha value is -0.540. The smallest absolute Gasteiger partial charge is 0.111 e. The van der Waals surface area contributed by atoms with Gasteiger partial charge in [0, 0.05) is 0 Å². The molecule has 0 saturated carbocycles. The standard InChI is InChI=1S/C4H8O.C3H5O2/c1-3-5-4-2;4-1-3-2-5-3/h3H,1,4H2,2H3;3H,1-2H2. The Balaban J connectivity index is 0.000000162. The lowest BCUT2D eigenvalue weighted by Crippen LogP contribution is -1.86. The molecule has 10 heavy (non-hydrogen) atoms. The van der Waals surface area contributed by atoms with Crippen LogP contribution in [0.15, 0.2) is 12.8 Å². The predicted molar refractivity (Wildman–Crippen MR) is 37.1 cm³/mol. The van der Waals surface area contributed by atoms with Gasteiger partial charge in [0.05, 0.1) is 19.5 Å². The summed E-state index contributed by atoms with van der Waals surface area (Å²) in [6, 6.07) is 0. The number of rotatable bonds is 3. The zero-order chi connectivity index (χ0) is 7.82. The van der Waals surface area contributed by atoms with Crippen LogP contribution in [0, 0.1) is 0 Å². The monoisotopic (exact) mass is 145 g/mol. The molecular weight excluding hydrogens is 132 g/mol. The van der Waals surface area contributed by atoms with E-state index in [-0.39, 0.29) is 12.7 Å². The van der Waals surface area contributed by atoms with Gasteiger partial charge in [-0.2, -0.15) is 0 Å². The highest BCUT2D eigenvalue weighted by Gasteiger charge is 2.20. The highest BCUT2D eigenvalue weighted by Crippen LogP contribution is 2.05. The number of epoxide rings is 1. The Labute approximate surface area is 61.3 Å². The lowest BCUT2D eigenvalue weighted by molar-refractivity contribution is 0.164. The van der Waals surface area contributed by atoms with Gasteiger partial charge in [0.15, 0.2) is 0 Å². The van der Waals surface area contributed by atoms with Crippen molar-refractivity contribution in [3.63, 3.8) is 0 Å². The summed E-state index contributed by atoms with van der Waals surface area (Å²) >= 11 is 0. The average molecular weight is 145 g/mol. The Bertz CT molecular complexity index is 78.9. The third-order valence-electron chi connectivity index (χ3n) is 0.873. The van der Waals surface area contributed by atoms with E-state index in [2.05, 4.69) is 16.1 Å². The van der Waals surface area contributed by atoms with Gasteiger partial charge in [-0.05, 0) is 6.92 Å². The molecule has 3 nitrogen and oxygen atoms in total. The van der Waals surface area contributed by atoms with Crippen molar-refractivity contribution >= 4 is 0 Å². The quantitative estimate of drug-likeness (QED) is 0.439. The predicted octanol–water partition coefficient (Wildman–Crippen LogP) is 0.982. The third kappa shape index (κ3) is 7.46. The van der Waals surface area contributed by atoms with Crippen molar-refractivity contribution in [3.8, 4) is 0 Å². The van der Waals surface area contributed by atoms with Crippen LogP contribution in [-0.4, -0.2) is 25.9 Å². The molecule has 1 aliphatic rings. The summed E-state index contributed by atoms with van der Waals surface area (Å²) in [7, 11) is 0.